The Hall–Kier alpha value is -0.730. The molecule has 2 nitrogen and oxygen atoms in total. The van der Waals surface area contributed by atoms with Crippen LogP contribution in [0.3, 0.4) is 0 Å². The van der Waals surface area contributed by atoms with Crippen molar-refractivity contribution < 1.29 is 4.79 Å². The van der Waals surface area contributed by atoms with Crippen LogP contribution in [-0.4, -0.2) is 17.8 Å². The van der Waals surface area contributed by atoms with Gasteiger partial charge in [-0.15, -0.1) is 11.6 Å². The Morgan fingerprint density at radius 1 is 1.57 bits per heavy atom. The molecular formula is C10H11Cl2NO. The number of alkyl halides is 1. The zero-order valence-corrected chi connectivity index (χ0v) is 9.27. The van der Waals surface area contributed by atoms with Crippen molar-refractivity contribution in [2.24, 2.45) is 0 Å². The number of rotatable bonds is 3. The van der Waals surface area contributed by atoms with E-state index in [0.29, 0.717) is 17.1 Å². The number of hydrogen-bond donors (Lipinski definition) is 1. The number of benzene rings is 1. The summed E-state index contributed by atoms with van der Waals surface area (Å²) in [7, 11) is 0. The van der Waals surface area contributed by atoms with E-state index in [-0.39, 0.29) is 11.3 Å². The average molecular weight is 232 g/mol. The first-order valence-electron chi connectivity index (χ1n) is 4.27. The molecule has 1 atom stereocenters. The minimum atomic E-state index is -0.153. The summed E-state index contributed by atoms with van der Waals surface area (Å²) < 4.78 is 0. The van der Waals surface area contributed by atoms with Gasteiger partial charge in [-0.25, -0.2) is 0 Å². The smallest absolute Gasteiger partial charge is 0.251 e. The van der Waals surface area contributed by atoms with E-state index in [1.807, 2.05) is 6.92 Å². The van der Waals surface area contributed by atoms with Crippen LogP contribution in [0.4, 0.5) is 0 Å². The van der Waals surface area contributed by atoms with E-state index in [0.717, 1.165) is 0 Å². The van der Waals surface area contributed by atoms with Crippen molar-refractivity contribution in [3.63, 3.8) is 0 Å². The quantitative estimate of drug-likeness (QED) is 0.797. The van der Waals surface area contributed by atoms with Crippen LogP contribution in [-0.2, 0) is 0 Å². The number of amides is 1. The molecule has 0 heterocycles. The Labute approximate surface area is 93.2 Å². The fourth-order valence-corrected chi connectivity index (χ4v) is 1.23. The van der Waals surface area contributed by atoms with Gasteiger partial charge in [0.05, 0.1) is 0 Å². The Bertz CT molecular complexity index is 326. The predicted octanol–water partition coefficient (Wildman–Crippen LogP) is 2.70. The molecule has 0 aromatic heterocycles. The highest BCUT2D eigenvalue weighted by atomic mass is 35.5. The van der Waals surface area contributed by atoms with Crippen LogP contribution in [0.25, 0.3) is 0 Å². The summed E-state index contributed by atoms with van der Waals surface area (Å²) in [5.74, 6) is -0.153. The lowest BCUT2D eigenvalue weighted by Crippen LogP contribution is -2.28. The molecule has 4 heteroatoms. The molecule has 0 radical (unpaired) electrons. The van der Waals surface area contributed by atoms with Gasteiger partial charge in [-0.05, 0) is 25.1 Å². The Kier molecular flexibility index (Phi) is 4.23. The molecule has 0 aliphatic carbocycles. The second kappa shape index (κ2) is 5.23. The molecule has 1 rings (SSSR count). The minimum absolute atomic E-state index is 0.0712. The van der Waals surface area contributed by atoms with Gasteiger partial charge >= 0.3 is 0 Å². The number of halogens is 2. The van der Waals surface area contributed by atoms with E-state index in [2.05, 4.69) is 5.32 Å². The topological polar surface area (TPSA) is 29.1 Å². The molecule has 0 spiro atoms. The molecule has 1 N–H and O–H groups in total. The van der Waals surface area contributed by atoms with Crippen molar-refractivity contribution in [1.82, 2.24) is 5.32 Å². The maximum Gasteiger partial charge on any atom is 0.251 e. The van der Waals surface area contributed by atoms with E-state index in [1.54, 1.807) is 24.3 Å². The molecule has 0 fully saturated rings. The maximum absolute atomic E-state index is 11.5. The van der Waals surface area contributed by atoms with Crippen LogP contribution in [0.2, 0.25) is 5.02 Å². The number of hydrogen-bond acceptors (Lipinski definition) is 1. The summed E-state index contributed by atoms with van der Waals surface area (Å²) in [4.78, 5) is 11.5. The van der Waals surface area contributed by atoms with Gasteiger partial charge in [0.15, 0.2) is 0 Å². The molecule has 1 amide bonds. The highest BCUT2D eigenvalue weighted by Crippen LogP contribution is 2.10. The van der Waals surface area contributed by atoms with Gasteiger partial charge in [0, 0.05) is 22.5 Å². The van der Waals surface area contributed by atoms with Crippen LogP contribution in [0.1, 0.15) is 17.3 Å². The molecule has 1 aromatic rings. The molecule has 76 valence electrons. The summed E-state index contributed by atoms with van der Waals surface area (Å²) in [6.45, 7) is 2.27. The lowest BCUT2D eigenvalue weighted by molar-refractivity contribution is 0.0954. The fraction of sp³-hybridized carbons (Fsp3) is 0.300. The lowest BCUT2D eigenvalue weighted by Gasteiger charge is -2.06. The van der Waals surface area contributed by atoms with Gasteiger partial charge in [0.1, 0.15) is 0 Å². The summed E-state index contributed by atoms with van der Waals surface area (Å²) in [6.07, 6.45) is 0. The first-order chi connectivity index (χ1) is 6.59. The van der Waals surface area contributed by atoms with Crippen LogP contribution in [0.15, 0.2) is 24.3 Å². The molecule has 0 saturated carbocycles. The van der Waals surface area contributed by atoms with E-state index >= 15 is 0 Å². The molecule has 0 aliphatic heterocycles. The fourth-order valence-electron chi connectivity index (χ4n) is 0.965. The molecule has 0 saturated heterocycles. The van der Waals surface area contributed by atoms with Crippen molar-refractivity contribution in [1.29, 1.82) is 0 Å². The van der Waals surface area contributed by atoms with Crippen molar-refractivity contribution in [3.05, 3.63) is 34.9 Å². The van der Waals surface area contributed by atoms with Crippen LogP contribution in [0, 0.1) is 0 Å². The third-order valence-corrected chi connectivity index (χ3v) is 2.02. The molecule has 0 bridgehead atoms. The third-order valence-electron chi connectivity index (χ3n) is 1.63. The Balaban J connectivity index is 2.61. The van der Waals surface area contributed by atoms with E-state index in [1.165, 1.54) is 0 Å². The van der Waals surface area contributed by atoms with Crippen LogP contribution < -0.4 is 5.32 Å². The Morgan fingerprint density at radius 2 is 2.29 bits per heavy atom. The summed E-state index contributed by atoms with van der Waals surface area (Å²) in [6, 6.07) is 6.79. The standard InChI is InChI=1S/C10H11Cl2NO/c1-7(11)6-13-10(14)8-3-2-4-9(12)5-8/h2-5,7H,6H2,1H3,(H,13,14). The SMILES string of the molecule is CC(Cl)CNC(=O)c1cccc(Cl)c1. The predicted molar refractivity (Wildman–Crippen MR) is 59.1 cm³/mol. The number of carbonyl (C=O) groups is 1. The zero-order chi connectivity index (χ0) is 10.6. The van der Waals surface area contributed by atoms with Gasteiger partial charge in [-0.3, -0.25) is 4.79 Å². The van der Waals surface area contributed by atoms with E-state index < -0.39 is 0 Å². The second-order valence-corrected chi connectivity index (χ2v) is 4.18. The van der Waals surface area contributed by atoms with E-state index in [4.69, 9.17) is 23.2 Å². The Morgan fingerprint density at radius 3 is 2.86 bits per heavy atom. The van der Waals surface area contributed by atoms with Crippen LogP contribution in [0.5, 0.6) is 0 Å². The van der Waals surface area contributed by atoms with E-state index in [9.17, 15) is 4.79 Å². The molecular weight excluding hydrogens is 221 g/mol. The molecule has 1 unspecified atom stereocenters. The summed E-state index contributed by atoms with van der Waals surface area (Å²) in [5, 5.41) is 3.18. The van der Waals surface area contributed by atoms with Gasteiger partial charge in [-0.1, -0.05) is 17.7 Å². The first kappa shape index (κ1) is 11.3. The van der Waals surface area contributed by atoms with Crippen LogP contribution >= 0.6 is 23.2 Å². The van der Waals surface area contributed by atoms with Gasteiger partial charge in [0.2, 0.25) is 0 Å². The molecule has 1 aromatic carbocycles. The third kappa shape index (κ3) is 3.56. The highest BCUT2D eigenvalue weighted by Gasteiger charge is 2.06. The van der Waals surface area contributed by atoms with Crippen molar-refractivity contribution in [3.8, 4) is 0 Å². The maximum atomic E-state index is 11.5. The number of carbonyl (C=O) groups excluding carboxylic acids is 1. The first-order valence-corrected chi connectivity index (χ1v) is 5.09. The summed E-state index contributed by atoms with van der Waals surface area (Å²) >= 11 is 11.4. The monoisotopic (exact) mass is 231 g/mol. The summed E-state index contributed by atoms with van der Waals surface area (Å²) in [5.41, 5.74) is 0.551. The zero-order valence-electron chi connectivity index (χ0n) is 7.76. The lowest BCUT2D eigenvalue weighted by atomic mass is 10.2. The molecule has 0 aliphatic rings. The largest absolute Gasteiger partial charge is 0.351 e. The second-order valence-electron chi connectivity index (χ2n) is 3.00. The average Bonchev–Trinajstić information content (AvgIpc) is 2.14. The van der Waals surface area contributed by atoms with Crippen molar-refractivity contribution in [2.75, 3.05) is 6.54 Å². The van der Waals surface area contributed by atoms with Gasteiger partial charge in [-0.2, -0.15) is 0 Å². The molecule has 14 heavy (non-hydrogen) atoms. The minimum Gasteiger partial charge on any atom is -0.351 e. The highest BCUT2D eigenvalue weighted by molar-refractivity contribution is 6.31. The van der Waals surface area contributed by atoms with Gasteiger partial charge < -0.3 is 5.32 Å². The van der Waals surface area contributed by atoms with Gasteiger partial charge in [0.25, 0.3) is 5.91 Å². The van der Waals surface area contributed by atoms with Crippen molar-refractivity contribution >= 4 is 29.1 Å². The normalized spacial score (nSPS) is 12.2. The number of nitrogens with one attached hydrogen (secondary N) is 1. The van der Waals surface area contributed by atoms with Crippen molar-refractivity contribution in [2.45, 2.75) is 12.3 Å².